The highest BCUT2D eigenvalue weighted by Crippen LogP contribution is 2.38. The van der Waals surface area contributed by atoms with E-state index >= 15 is 0 Å². The van der Waals surface area contributed by atoms with Crippen LogP contribution in [0.25, 0.3) is 5.69 Å². The summed E-state index contributed by atoms with van der Waals surface area (Å²) in [5.41, 5.74) is 6.11. The van der Waals surface area contributed by atoms with E-state index in [4.69, 9.17) is 4.99 Å². The van der Waals surface area contributed by atoms with Crippen molar-refractivity contribution in [1.82, 2.24) is 14.8 Å². The van der Waals surface area contributed by atoms with Crippen molar-refractivity contribution in [3.8, 4) is 5.69 Å². The van der Waals surface area contributed by atoms with Crippen molar-refractivity contribution in [3.05, 3.63) is 102 Å². The number of nitrogens with zero attached hydrogens (tertiary/aromatic N) is 5. The molecule has 0 aliphatic carbocycles. The highest BCUT2D eigenvalue weighted by molar-refractivity contribution is 6.14. The largest absolute Gasteiger partial charge is 0.364 e. The van der Waals surface area contributed by atoms with Crippen LogP contribution in [0.1, 0.15) is 17.0 Å². The number of aromatic nitrogens is 3. The monoisotopic (exact) mass is 365 g/mol. The third-order valence-corrected chi connectivity index (χ3v) is 4.93. The molecular formula is C23H19N5. The summed E-state index contributed by atoms with van der Waals surface area (Å²) < 4.78 is 1.90. The van der Waals surface area contributed by atoms with Crippen molar-refractivity contribution in [2.45, 2.75) is 6.54 Å². The van der Waals surface area contributed by atoms with Crippen LogP contribution in [-0.4, -0.2) is 27.5 Å². The van der Waals surface area contributed by atoms with Crippen LogP contribution in [0.5, 0.6) is 0 Å². The topological polar surface area (TPSA) is 46.3 Å². The number of rotatable bonds is 3. The average Bonchev–Trinajstić information content (AvgIpc) is 3.22. The van der Waals surface area contributed by atoms with Gasteiger partial charge >= 0.3 is 0 Å². The molecule has 1 aliphatic heterocycles. The summed E-state index contributed by atoms with van der Waals surface area (Å²) in [6.07, 6.45) is 1.60. The first-order valence-electron chi connectivity index (χ1n) is 9.24. The first-order chi connectivity index (χ1) is 13.8. The van der Waals surface area contributed by atoms with Gasteiger partial charge in [-0.05, 0) is 12.1 Å². The molecule has 0 saturated heterocycles. The lowest BCUT2D eigenvalue weighted by Gasteiger charge is -2.28. The van der Waals surface area contributed by atoms with Crippen LogP contribution < -0.4 is 4.90 Å². The predicted octanol–water partition coefficient (Wildman–Crippen LogP) is 4.39. The Morgan fingerprint density at radius 2 is 1.54 bits per heavy atom. The van der Waals surface area contributed by atoms with E-state index in [0.717, 1.165) is 39.7 Å². The number of aliphatic imine (C=N–C) groups is 1. The van der Waals surface area contributed by atoms with Crippen LogP contribution in [-0.2, 0) is 6.54 Å². The summed E-state index contributed by atoms with van der Waals surface area (Å²) in [6.45, 7) is 0.700. The Morgan fingerprint density at radius 1 is 0.857 bits per heavy atom. The highest BCUT2D eigenvalue weighted by atomic mass is 15.4. The standard InChI is InChI=1S/C23H19N5/c1-27-15-21-24-16-25-28(21)20-14-8-13-19(23(20)27)26-22(17-9-4-2-5-10-17)18-11-6-3-7-12-18/h2-14,16H,15H2,1H3. The van der Waals surface area contributed by atoms with Gasteiger partial charge in [0.25, 0.3) is 0 Å². The van der Waals surface area contributed by atoms with E-state index in [9.17, 15) is 0 Å². The van der Waals surface area contributed by atoms with Crippen LogP contribution in [0.15, 0.2) is 90.2 Å². The third-order valence-electron chi connectivity index (χ3n) is 4.93. The molecule has 1 aliphatic rings. The first kappa shape index (κ1) is 16.4. The van der Waals surface area contributed by atoms with Crippen LogP contribution in [0.4, 0.5) is 11.4 Å². The second kappa shape index (κ2) is 6.78. The van der Waals surface area contributed by atoms with Gasteiger partial charge in [0.1, 0.15) is 6.33 Å². The Kier molecular flexibility index (Phi) is 3.98. The van der Waals surface area contributed by atoms with Gasteiger partial charge in [0.15, 0.2) is 5.82 Å². The molecular weight excluding hydrogens is 346 g/mol. The van der Waals surface area contributed by atoms with Crippen LogP contribution >= 0.6 is 0 Å². The van der Waals surface area contributed by atoms with Crippen molar-refractivity contribution in [2.24, 2.45) is 4.99 Å². The number of hydrogen-bond acceptors (Lipinski definition) is 4. The zero-order chi connectivity index (χ0) is 18.9. The fraction of sp³-hybridized carbons (Fsp3) is 0.0870. The van der Waals surface area contributed by atoms with Gasteiger partial charge in [-0.3, -0.25) is 0 Å². The molecule has 5 nitrogen and oxygen atoms in total. The van der Waals surface area contributed by atoms with Crippen molar-refractivity contribution >= 4 is 17.1 Å². The zero-order valence-electron chi connectivity index (χ0n) is 15.5. The van der Waals surface area contributed by atoms with Crippen LogP contribution in [0, 0.1) is 0 Å². The first-order valence-corrected chi connectivity index (χ1v) is 9.24. The van der Waals surface area contributed by atoms with Crippen LogP contribution in [0.3, 0.4) is 0 Å². The third kappa shape index (κ3) is 2.77. The smallest absolute Gasteiger partial charge is 0.151 e. The summed E-state index contributed by atoms with van der Waals surface area (Å²) in [5.74, 6) is 0.933. The molecule has 0 radical (unpaired) electrons. The van der Waals surface area contributed by atoms with Crippen molar-refractivity contribution in [2.75, 3.05) is 11.9 Å². The molecule has 2 heterocycles. The lowest BCUT2D eigenvalue weighted by Crippen LogP contribution is -2.26. The minimum absolute atomic E-state index is 0.700. The predicted molar refractivity (Wildman–Crippen MR) is 112 cm³/mol. The number of para-hydroxylation sites is 1. The maximum absolute atomic E-state index is 5.13. The quantitative estimate of drug-likeness (QED) is 0.506. The minimum Gasteiger partial charge on any atom is -0.364 e. The van der Waals surface area contributed by atoms with Crippen molar-refractivity contribution in [1.29, 1.82) is 0 Å². The highest BCUT2D eigenvalue weighted by Gasteiger charge is 2.24. The van der Waals surface area contributed by atoms with Gasteiger partial charge in [0.2, 0.25) is 0 Å². The molecule has 0 bridgehead atoms. The van der Waals surface area contributed by atoms with E-state index in [1.807, 2.05) is 47.1 Å². The molecule has 5 rings (SSSR count). The molecule has 1 aromatic heterocycles. The fourth-order valence-corrected chi connectivity index (χ4v) is 3.65. The molecule has 0 spiro atoms. The zero-order valence-corrected chi connectivity index (χ0v) is 15.5. The second-order valence-electron chi connectivity index (χ2n) is 6.78. The maximum Gasteiger partial charge on any atom is 0.151 e. The summed E-state index contributed by atoms with van der Waals surface area (Å²) in [4.78, 5) is 11.7. The number of hydrogen-bond donors (Lipinski definition) is 0. The number of fused-ring (bicyclic) bond motifs is 3. The fourth-order valence-electron chi connectivity index (χ4n) is 3.65. The van der Waals surface area contributed by atoms with Crippen molar-refractivity contribution < 1.29 is 0 Å². The number of benzene rings is 3. The van der Waals surface area contributed by atoms with Gasteiger partial charge in [-0.1, -0.05) is 66.7 Å². The van der Waals surface area contributed by atoms with Gasteiger partial charge < -0.3 is 4.90 Å². The summed E-state index contributed by atoms with van der Waals surface area (Å²) in [6, 6.07) is 26.8. The Bertz CT molecular complexity index is 1100. The van der Waals surface area contributed by atoms with E-state index in [1.165, 1.54) is 0 Å². The van der Waals surface area contributed by atoms with Crippen LogP contribution in [0.2, 0.25) is 0 Å². The normalized spacial score (nSPS) is 12.2. The van der Waals surface area contributed by atoms with E-state index in [-0.39, 0.29) is 0 Å². The van der Waals surface area contributed by atoms with Gasteiger partial charge in [-0.25, -0.2) is 14.7 Å². The Labute approximate surface area is 163 Å². The average molecular weight is 365 g/mol. The lowest BCUT2D eigenvalue weighted by molar-refractivity contribution is 0.725. The maximum atomic E-state index is 5.13. The molecule has 5 heteroatoms. The molecule has 0 unspecified atom stereocenters. The summed E-state index contributed by atoms with van der Waals surface area (Å²) in [5, 5.41) is 4.40. The molecule has 0 amide bonds. The summed E-state index contributed by atoms with van der Waals surface area (Å²) in [7, 11) is 2.07. The Hall–Kier alpha value is -3.73. The molecule has 28 heavy (non-hydrogen) atoms. The Morgan fingerprint density at radius 3 is 2.21 bits per heavy atom. The van der Waals surface area contributed by atoms with Gasteiger partial charge in [-0.2, -0.15) is 5.10 Å². The molecule has 3 aromatic carbocycles. The van der Waals surface area contributed by atoms with Crippen molar-refractivity contribution in [3.63, 3.8) is 0 Å². The molecule has 136 valence electrons. The van der Waals surface area contributed by atoms with E-state index in [2.05, 4.69) is 58.4 Å². The van der Waals surface area contributed by atoms with Gasteiger partial charge in [0.05, 0.1) is 29.3 Å². The molecule has 4 aromatic rings. The molecule has 0 N–H and O–H groups in total. The van der Waals surface area contributed by atoms with E-state index < -0.39 is 0 Å². The SMILES string of the molecule is CN1Cc2ncnn2-c2cccc(N=C(c3ccccc3)c3ccccc3)c21. The van der Waals surface area contributed by atoms with E-state index in [1.54, 1.807) is 6.33 Å². The number of anilines is 1. The second-order valence-corrected chi connectivity index (χ2v) is 6.78. The summed E-state index contributed by atoms with van der Waals surface area (Å²) >= 11 is 0. The minimum atomic E-state index is 0.700. The van der Waals surface area contributed by atoms with Gasteiger partial charge in [-0.15, -0.1) is 0 Å². The van der Waals surface area contributed by atoms with Gasteiger partial charge in [0, 0.05) is 18.2 Å². The van der Waals surface area contributed by atoms with E-state index in [0.29, 0.717) is 6.54 Å². The lowest BCUT2D eigenvalue weighted by atomic mass is 10.0. The molecule has 0 fully saturated rings. The molecule has 0 atom stereocenters. The molecule has 0 saturated carbocycles. The Balaban J connectivity index is 1.72.